The molecule has 3 N–H and O–H groups in total. The van der Waals surface area contributed by atoms with E-state index in [0.29, 0.717) is 18.2 Å². The van der Waals surface area contributed by atoms with Crippen LogP contribution in [0, 0.1) is 0 Å². The van der Waals surface area contributed by atoms with Crippen LogP contribution in [0.2, 0.25) is 0 Å². The number of aromatic nitrogens is 1. The van der Waals surface area contributed by atoms with Crippen molar-refractivity contribution in [3.63, 3.8) is 0 Å². The number of hydrogen-bond donors (Lipinski definition) is 3. The summed E-state index contributed by atoms with van der Waals surface area (Å²) in [6.45, 7) is 2.33. The molecule has 1 aromatic carbocycles. The fourth-order valence-corrected chi connectivity index (χ4v) is 2.64. The van der Waals surface area contributed by atoms with E-state index in [2.05, 4.69) is 25.9 Å². The molecule has 0 saturated carbocycles. The first-order valence-electron chi connectivity index (χ1n) is 7.77. The number of carbonyl (C=O) groups is 1. The van der Waals surface area contributed by atoms with Crippen molar-refractivity contribution in [1.29, 1.82) is 0 Å². The number of thiazole rings is 1. The number of anilines is 1. The number of rotatable bonds is 6. The Morgan fingerprint density at radius 2 is 1.93 bits per heavy atom. The zero-order chi connectivity index (χ0) is 19.0. The summed E-state index contributed by atoms with van der Waals surface area (Å²) in [7, 11) is 0. The fraction of sp³-hybridized carbons (Fsp3) is 0.312. The summed E-state index contributed by atoms with van der Waals surface area (Å²) in [5.74, 6) is 0.0153. The van der Waals surface area contributed by atoms with Gasteiger partial charge in [-0.3, -0.25) is 4.79 Å². The zero-order valence-corrected chi connectivity index (χ0v) is 17.5. The number of para-hydroxylation sites is 1. The van der Waals surface area contributed by atoms with Crippen molar-refractivity contribution in [1.82, 2.24) is 15.6 Å². The molecule has 6 nitrogen and oxygen atoms in total. The van der Waals surface area contributed by atoms with Crippen LogP contribution in [0.15, 0.2) is 40.7 Å². The third kappa shape index (κ3) is 8.12. The van der Waals surface area contributed by atoms with Crippen LogP contribution in [0.5, 0.6) is 0 Å². The second-order valence-electron chi connectivity index (χ2n) is 5.09. The van der Waals surface area contributed by atoms with Crippen LogP contribution >= 0.6 is 35.3 Å². The van der Waals surface area contributed by atoms with Gasteiger partial charge in [-0.2, -0.15) is 13.2 Å². The topological polar surface area (TPSA) is 78.4 Å². The highest BCUT2D eigenvalue weighted by Gasteiger charge is 2.33. The highest BCUT2D eigenvalue weighted by molar-refractivity contribution is 14.0. The average molecular weight is 513 g/mol. The molecule has 0 saturated heterocycles. The van der Waals surface area contributed by atoms with Gasteiger partial charge in [0.25, 0.3) is 0 Å². The third-order valence-corrected chi connectivity index (χ3v) is 3.88. The minimum absolute atomic E-state index is 0. The molecular weight excluding hydrogens is 494 g/mol. The molecule has 11 heteroatoms. The Balaban J connectivity index is 0.00000364. The lowest BCUT2D eigenvalue weighted by molar-refractivity contribution is -0.140. The Morgan fingerprint density at radius 1 is 1.22 bits per heavy atom. The van der Waals surface area contributed by atoms with Gasteiger partial charge in [0, 0.05) is 17.6 Å². The van der Waals surface area contributed by atoms with Crippen molar-refractivity contribution in [3.05, 3.63) is 46.4 Å². The Morgan fingerprint density at radius 3 is 2.52 bits per heavy atom. The number of halogens is 4. The third-order valence-electron chi connectivity index (χ3n) is 3.03. The number of benzene rings is 1. The number of hydrogen-bond acceptors (Lipinski definition) is 4. The van der Waals surface area contributed by atoms with Crippen LogP contribution in [0.3, 0.4) is 0 Å². The van der Waals surface area contributed by atoms with Crippen molar-refractivity contribution < 1.29 is 18.0 Å². The summed E-state index contributed by atoms with van der Waals surface area (Å²) in [5.41, 5.74) is -0.253. The molecule has 1 amide bonds. The largest absolute Gasteiger partial charge is 0.434 e. The van der Waals surface area contributed by atoms with E-state index in [1.807, 2.05) is 13.0 Å². The lowest BCUT2D eigenvalue weighted by atomic mass is 10.3. The van der Waals surface area contributed by atoms with Gasteiger partial charge in [0.15, 0.2) is 11.7 Å². The van der Waals surface area contributed by atoms with Gasteiger partial charge in [0.05, 0.1) is 6.54 Å². The van der Waals surface area contributed by atoms with Gasteiger partial charge >= 0.3 is 6.18 Å². The highest BCUT2D eigenvalue weighted by Crippen LogP contribution is 2.29. The first kappa shape index (κ1) is 23.1. The molecule has 2 rings (SSSR count). The molecule has 0 unspecified atom stereocenters. The Hall–Kier alpha value is -1.89. The van der Waals surface area contributed by atoms with E-state index in [0.717, 1.165) is 16.7 Å². The molecule has 0 aliphatic carbocycles. The first-order chi connectivity index (χ1) is 12.4. The highest BCUT2D eigenvalue weighted by atomic mass is 127. The molecule has 27 heavy (non-hydrogen) atoms. The van der Waals surface area contributed by atoms with Gasteiger partial charge in [0.2, 0.25) is 5.91 Å². The molecule has 2 aromatic rings. The molecule has 1 aromatic heterocycles. The number of carbonyl (C=O) groups excluding carboxylic acids is 1. The van der Waals surface area contributed by atoms with Crippen LogP contribution < -0.4 is 16.0 Å². The van der Waals surface area contributed by atoms with Crippen LogP contribution in [0.25, 0.3) is 0 Å². The smallest absolute Gasteiger partial charge is 0.357 e. The number of aliphatic imine (C=N–C) groups is 1. The Labute approximate surface area is 175 Å². The summed E-state index contributed by atoms with van der Waals surface area (Å²) in [6.07, 6.45) is -4.46. The molecular formula is C16H19F3IN5OS. The van der Waals surface area contributed by atoms with Crippen LogP contribution in [0.4, 0.5) is 18.9 Å². The number of amides is 1. The van der Waals surface area contributed by atoms with Crippen molar-refractivity contribution in [2.75, 3.05) is 18.4 Å². The standard InChI is InChI=1S/C16H18F3N5OS.HI/c1-2-20-15(21-8-13(25)23-11-6-4-3-5-7-11)22-9-14-24-12(10-26-14)16(17,18)19;/h3-7,10H,2,8-9H2,1H3,(H,23,25)(H2,20,21,22);1H. The predicted octanol–water partition coefficient (Wildman–Crippen LogP) is 3.47. The lowest BCUT2D eigenvalue weighted by Crippen LogP contribution is -2.37. The van der Waals surface area contributed by atoms with Gasteiger partial charge in [-0.1, -0.05) is 18.2 Å². The van der Waals surface area contributed by atoms with Gasteiger partial charge < -0.3 is 16.0 Å². The summed E-state index contributed by atoms with van der Waals surface area (Å²) in [6, 6.07) is 8.95. The summed E-state index contributed by atoms with van der Waals surface area (Å²) < 4.78 is 37.7. The van der Waals surface area contributed by atoms with E-state index in [1.54, 1.807) is 24.3 Å². The number of nitrogens with zero attached hydrogens (tertiary/aromatic N) is 2. The predicted molar refractivity (Wildman–Crippen MR) is 110 cm³/mol. The van der Waals surface area contributed by atoms with Gasteiger partial charge in [-0.15, -0.1) is 35.3 Å². The minimum Gasteiger partial charge on any atom is -0.357 e. The monoisotopic (exact) mass is 513 g/mol. The molecule has 0 fully saturated rings. The number of alkyl halides is 3. The zero-order valence-electron chi connectivity index (χ0n) is 14.3. The second-order valence-corrected chi connectivity index (χ2v) is 6.03. The molecule has 0 bridgehead atoms. The quantitative estimate of drug-likeness (QED) is 0.314. The van der Waals surface area contributed by atoms with Crippen molar-refractivity contribution in [3.8, 4) is 0 Å². The molecule has 0 aliphatic heterocycles. The van der Waals surface area contributed by atoms with Crippen LogP contribution in [-0.2, 0) is 17.5 Å². The number of nitrogens with one attached hydrogen (secondary N) is 3. The van der Waals surface area contributed by atoms with E-state index in [1.165, 1.54) is 0 Å². The minimum atomic E-state index is -4.46. The maximum atomic E-state index is 12.6. The van der Waals surface area contributed by atoms with E-state index in [9.17, 15) is 18.0 Å². The molecule has 0 aliphatic rings. The molecule has 0 atom stereocenters. The van der Waals surface area contributed by atoms with Crippen LogP contribution in [0.1, 0.15) is 17.6 Å². The maximum Gasteiger partial charge on any atom is 0.434 e. The Bertz CT molecular complexity index is 752. The lowest BCUT2D eigenvalue weighted by Gasteiger charge is -2.10. The molecule has 0 spiro atoms. The van der Waals surface area contributed by atoms with Crippen molar-refractivity contribution >= 4 is 52.9 Å². The SMILES string of the molecule is CCNC(=NCC(=O)Nc1ccccc1)NCc1nc(C(F)(F)F)cs1.I. The molecule has 148 valence electrons. The van der Waals surface area contributed by atoms with Gasteiger partial charge in [-0.25, -0.2) is 9.98 Å². The molecule has 1 heterocycles. The first-order valence-corrected chi connectivity index (χ1v) is 8.65. The summed E-state index contributed by atoms with van der Waals surface area (Å²) >= 11 is 0.907. The maximum absolute atomic E-state index is 12.6. The Kier molecular flexibility index (Phi) is 9.49. The normalized spacial score (nSPS) is 11.5. The van der Waals surface area contributed by atoms with Gasteiger partial charge in [-0.05, 0) is 19.1 Å². The fourth-order valence-electron chi connectivity index (χ4n) is 1.90. The van der Waals surface area contributed by atoms with E-state index in [4.69, 9.17) is 0 Å². The van der Waals surface area contributed by atoms with E-state index < -0.39 is 11.9 Å². The van der Waals surface area contributed by atoms with Gasteiger partial charge in [0.1, 0.15) is 11.6 Å². The number of guanidine groups is 1. The van der Waals surface area contributed by atoms with E-state index in [-0.39, 0.29) is 48.0 Å². The van der Waals surface area contributed by atoms with Crippen LogP contribution in [-0.4, -0.2) is 29.9 Å². The summed E-state index contributed by atoms with van der Waals surface area (Å²) in [5, 5.41) is 9.72. The van der Waals surface area contributed by atoms with E-state index >= 15 is 0 Å². The average Bonchev–Trinajstić information content (AvgIpc) is 3.08. The molecule has 0 radical (unpaired) electrons. The summed E-state index contributed by atoms with van der Waals surface area (Å²) in [4.78, 5) is 19.6. The van der Waals surface area contributed by atoms with Crippen molar-refractivity contribution in [2.45, 2.75) is 19.6 Å². The van der Waals surface area contributed by atoms with Crippen molar-refractivity contribution in [2.24, 2.45) is 4.99 Å². The second kappa shape index (κ2) is 11.1.